The molecule has 1 aromatic heterocycles. The van der Waals surface area contributed by atoms with E-state index in [2.05, 4.69) is 18.4 Å². The molecule has 0 unspecified atom stereocenters. The first kappa shape index (κ1) is 12.6. The maximum Gasteiger partial charge on any atom is 0.335 e. The molecule has 3 N–H and O–H groups in total. The summed E-state index contributed by atoms with van der Waals surface area (Å²) in [5.41, 5.74) is 9.40. The number of nitrogens with zero attached hydrogens (tertiary/aromatic N) is 1. The van der Waals surface area contributed by atoms with Gasteiger partial charge in [0.1, 0.15) is 0 Å². The van der Waals surface area contributed by atoms with Gasteiger partial charge >= 0.3 is 5.97 Å². The number of aromatic nitrogens is 1. The lowest BCUT2D eigenvalue weighted by atomic mass is 10.1. The van der Waals surface area contributed by atoms with Crippen LogP contribution in [0.5, 0.6) is 0 Å². The van der Waals surface area contributed by atoms with Crippen molar-refractivity contribution in [3.05, 3.63) is 35.0 Å². The Balaban J connectivity index is 2.74. The average molecular weight is 246 g/mol. The van der Waals surface area contributed by atoms with Crippen LogP contribution in [-0.4, -0.2) is 22.2 Å². The van der Waals surface area contributed by atoms with Crippen LogP contribution < -0.4 is 5.73 Å². The lowest BCUT2D eigenvalue weighted by Gasteiger charge is -2.04. The van der Waals surface area contributed by atoms with Crippen LogP contribution in [0.1, 0.15) is 28.5 Å². The number of fused-ring (bicyclic) bond motifs is 1. The minimum atomic E-state index is -0.891. The Morgan fingerprint density at radius 3 is 2.72 bits per heavy atom. The third kappa shape index (κ3) is 1.88. The highest BCUT2D eigenvalue weighted by Crippen LogP contribution is 2.27. The monoisotopic (exact) mass is 246 g/mol. The highest BCUT2D eigenvalue weighted by atomic mass is 16.4. The molecule has 18 heavy (non-hydrogen) atoms. The predicted molar refractivity (Wildman–Crippen MR) is 72.1 cm³/mol. The van der Waals surface area contributed by atoms with Gasteiger partial charge in [0.2, 0.25) is 0 Å². The van der Waals surface area contributed by atoms with E-state index in [0.717, 1.165) is 29.4 Å². The summed E-state index contributed by atoms with van der Waals surface area (Å²) in [4.78, 5) is 11.0. The summed E-state index contributed by atoms with van der Waals surface area (Å²) in [5.74, 6) is -0.891. The Morgan fingerprint density at radius 2 is 2.17 bits per heavy atom. The summed E-state index contributed by atoms with van der Waals surface area (Å²) in [6.45, 7) is 5.60. The molecular weight excluding hydrogens is 228 g/mol. The Morgan fingerprint density at radius 1 is 1.44 bits per heavy atom. The molecule has 0 radical (unpaired) electrons. The number of aryl methyl sites for hydroxylation is 1. The molecule has 0 aliphatic rings. The molecule has 4 nitrogen and oxygen atoms in total. The number of rotatable bonds is 4. The van der Waals surface area contributed by atoms with Crippen LogP contribution in [0.25, 0.3) is 10.9 Å². The van der Waals surface area contributed by atoms with Crippen LogP contribution in [-0.2, 0) is 13.0 Å². The van der Waals surface area contributed by atoms with E-state index in [1.165, 1.54) is 5.69 Å². The average Bonchev–Trinajstić information content (AvgIpc) is 2.62. The molecule has 0 atom stereocenters. The molecule has 2 aromatic rings. The van der Waals surface area contributed by atoms with Gasteiger partial charge in [-0.1, -0.05) is 0 Å². The maximum absolute atomic E-state index is 11.0. The summed E-state index contributed by atoms with van der Waals surface area (Å²) in [7, 11) is 0. The fourth-order valence-electron chi connectivity index (χ4n) is 2.55. The van der Waals surface area contributed by atoms with Crippen LogP contribution in [0, 0.1) is 6.92 Å². The molecule has 4 heteroatoms. The van der Waals surface area contributed by atoms with Crippen LogP contribution >= 0.6 is 0 Å². The van der Waals surface area contributed by atoms with Gasteiger partial charge in [0, 0.05) is 23.1 Å². The molecule has 0 fully saturated rings. The summed E-state index contributed by atoms with van der Waals surface area (Å²) in [6, 6.07) is 5.29. The van der Waals surface area contributed by atoms with Gasteiger partial charge in [0.15, 0.2) is 0 Å². The third-order valence-corrected chi connectivity index (χ3v) is 3.41. The molecule has 1 heterocycles. The Labute approximate surface area is 106 Å². The van der Waals surface area contributed by atoms with E-state index in [-0.39, 0.29) is 0 Å². The third-order valence-electron chi connectivity index (χ3n) is 3.41. The molecule has 0 saturated heterocycles. The second-order valence-electron chi connectivity index (χ2n) is 4.38. The number of hydrogen-bond acceptors (Lipinski definition) is 2. The van der Waals surface area contributed by atoms with E-state index in [4.69, 9.17) is 10.8 Å². The number of carbonyl (C=O) groups is 1. The molecule has 2 rings (SSSR count). The topological polar surface area (TPSA) is 68.2 Å². The highest BCUT2D eigenvalue weighted by molar-refractivity contribution is 5.95. The Hall–Kier alpha value is -1.81. The van der Waals surface area contributed by atoms with Gasteiger partial charge in [0.25, 0.3) is 0 Å². The molecule has 0 bridgehead atoms. The largest absolute Gasteiger partial charge is 0.478 e. The molecular formula is C14H18N2O2. The van der Waals surface area contributed by atoms with Crippen molar-refractivity contribution in [1.82, 2.24) is 4.57 Å². The van der Waals surface area contributed by atoms with Gasteiger partial charge < -0.3 is 15.4 Å². The molecule has 0 aliphatic carbocycles. The first-order chi connectivity index (χ1) is 8.60. The Bertz CT molecular complexity index is 599. The van der Waals surface area contributed by atoms with Crippen LogP contribution in [0.15, 0.2) is 18.2 Å². The predicted octanol–water partition coefficient (Wildman–Crippen LogP) is 2.17. The smallest absolute Gasteiger partial charge is 0.335 e. The van der Waals surface area contributed by atoms with Crippen molar-refractivity contribution in [2.45, 2.75) is 26.8 Å². The normalized spacial score (nSPS) is 11.1. The molecule has 0 aliphatic heterocycles. The lowest BCUT2D eigenvalue weighted by molar-refractivity contribution is 0.0697. The second kappa shape index (κ2) is 4.82. The zero-order chi connectivity index (χ0) is 13.3. The van der Waals surface area contributed by atoms with E-state index < -0.39 is 5.97 Å². The van der Waals surface area contributed by atoms with E-state index >= 15 is 0 Å². The van der Waals surface area contributed by atoms with Crippen molar-refractivity contribution in [3.8, 4) is 0 Å². The van der Waals surface area contributed by atoms with Crippen molar-refractivity contribution < 1.29 is 9.90 Å². The maximum atomic E-state index is 11.0. The summed E-state index contributed by atoms with van der Waals surface area (Å²) < 4.78 is 2.20. The minimum Gasteiger partial charge on any atom is -0.478 e. The minimum absolute atomic E-state index is 0.328. The number of carboxylic acid groups (broad SMARTS) is 1. The van der Waals surface area contributed by atoms with Gasteiger partial charge in [-0.25, -0.2) is 4.79 Å². The van der Waals surface area contributed by atoms with Crippen molar-refractivity contribution in [2.75, 3.05) is 6.54 Å². The first-order valence-corrected chi connectivity index (χ1v) is 6.15. The van der Waals surface area contributed by atoms with Crippen LogP contribution in [0.2, 0.25) is 0 Å². The molecule has 0 amide bonds. The fraction of sp³-hybridized carbons (Fsp3) is 0.357. The van der Waals surface area contributed by atoms with Crippen LogP contribution in [0.3, 0.4) is 0 Å². The van der Waals surface area contributed by atoms with Crippen molar-refractivity contribution in [1.29, 1.82) is 0 Å². The zero-order valence-corrected chi connectivity index (χ0v) is 10.7. The van der Waals surface area contributed by atoms with E-state index in [1.54, 1.807) is 12.1 Å². The van der Waals surface area contributed by atoms with Gasteiger partial charge in [-0.15, -0.1) is 0 Å². The van der Waals surface area contributed by atoms with Crippen LogP contribution in [0.4, 0.5) is 0 Å². The number of nitrogens with two attached hydrogens (primary N) is 1. The van der Waals surface area contributed by atoms with Crippen molar-refractivity contribution in [2.24, 2.45) is 5.73 Å². The lowest BCUT2D eigenvalue weighted by Crippen LogP contribution is -2.04. The molecule has 96 valence electrons. The van der Waals surface area contributed by atoms with E-state index in [0.29, 0.717) is 12.1 Å². The van der Waals surface area contributed by atoms with E-state index in [9.17, 15) is 4.79 Å². The number of benzene rings is 1. The van der Waals surface area contributed by atoms with Crippen molar-refractivity contribution in [3.63, 3.8) is 0 Å². The summed E-state index contributed by atoms with van der Waals surface area (Å²) in [6.07, 6.45) is 0.776. The zero-order valence-electron chi connectivity index (χ0n) is 10.7. The van der Waals surface area contributed by atoms with Crippen molar-refractivity contribution >= 4 is 16.9 Å². The summed E-state index contributed by atoms with van der Waals surface area (Å²) in [5, 5.41) is 10.1. The second-order valence-corrected chi connectivity index (χ2v) is 4.38. The standard InChI is InChI=1S/C14H18N2O2/c1-3-16-9(2)11(6-7-15)12-8-10(14(17)18)4-5-13(12)16/h4-5,8H,3,6-7,15H2,1-2H3,(H,17,18). The molecule has 0 spiro atoms. The van der Waals surface area contributed by atoms with Gasteiger partial charge in [-0.2, -0.15) is 0 Å². The first-order valence-electron chi connectivity index (χ1n) is 6.15. The number of hydrogen-bond donors (Lipinski definition) is 2. The Kier molecular flexibility index (Phi) is 3.39. The molecule has 1 aromatic carbocycles. The summed E-state index contributed by atoms with van der Waals surface area (Å²) >= 11 is 0. The number of aromatic carboxylic acids is 1. The van der Waals surface area contributed by atoms with Gasteiger partial charge in [-0.05, 0) is 50.6 Å². The van der Waals surface area contributed by atoms with E-state index in [1.807, 2.05) is 6.07 Å². The molecule has 0 saturated carbocycles. The van der Waals surface area contributed by atoms with Gasteiger partial charge in [0.05, 0.1) is 5.56 Å². The number of carboxylic acids is 1. The quantitative estimate of drug-likeness (QED) is 0.868. The van der Waals surface area contributed by atoms with Gasteiger partial charge in [-0.3, -0.25) is 0 Å². The SMILES string of the molecule is CCn1c(C)c(CCN)c2cc(C(=O)O)ccc21. The fourth-order valence-corrected chi connectivity index (χ4v) is 2.55. The highest BCUT2D eigenvalue weighted by Gasteiger charge is 2.14.